The summed E-state index contributed by atoms with van der Waals surface area (Å²) in [6.07, 6.45) is 0. The molecule has 24 heavy (non-hydrogen) atoms. The van der Waals surface area contributed by atoms with Gasteiger partial charge in [-0.2, -0.15) is 0 Å². The molecule has 2 rings (SSSR count). The zero-order valence-electron chi connectivity index (χ0n) is 15.3. The van der Waals surface area contributed by atoms with E-state index in [-0.39, 0.29) is 10.8 Å². The van der Waals surface area contributed by atoms with Gasteiger partial charge in [0.05, 0.1) is 5.30 Å². The molecule has 0 heterocycles. The first-order valence-electron chi connectivity index (χ1n) is 8.14. The van der Waals surface area contributed by atoms with Crippen LogP contribution < -0.4 is 9.83 Å². The first kappa shape index (κ1) is 18.8. The molecule has 1 atom stereocenters. The number of rotatable bonds is 3. The highest BCUT2D eigenvalue weighted by Gasteiger charge is 2.25. The Labute approximate surface area is 145 Å². The van der Waals surface area contributed by atoms with Crippen molar-refractivity contribution in [1.82, 2.24) is 0 Å². The average molecular weight is 346 g/mol. The van der Waals surface area contributed by atoms with Gasteiger partial charge in [-0.3, -0.25) is 0 Å². The van der Waals surface area contributed by atoms with E-state index in [0.29, 0.717) is 11.1 Å². The van der Waals surface area contributed by atoms with Crippen molar-refractivity contribution in [3.05, 3.63) is 59.7 Å². The van der Waals surface area contributed by atoms with Gasteiger partial charge in [0.25, 0.3) is 0 Å². The second-order valence-electron chi connectivity index (χ2n) is 8.18. The molecule has 0 fully saturated rings. The lowest BCUT2D eigenvalue weighted by molar-refractivity contribution is 0.393. The van der Waals surface area contributed by atoms with E-state index in [1.54, 1.807) is 24.3 Å². The van der Waals surface area contributed by atoms with Crippen LogP contribution in [0.4, 0.5) is 0 Å². The van der Waals surface area contributed by atoms with Crippen LogP contribution in [0.2, 0.25) is 0 Å². The predicted octanol–water partition coefficient (Wildman–Crippen LogP) is 5.17. The number of benzene rings is 2. The van der Waals surface area contributed by atoms with Crippen LogP contribution in [0.5, 0.6) is 5.75 Å². The quantitative estimate of drug-likeness (QED) is 0.780. The molecule has 0 aliphatic carbocycles. The van der Waals surface area contributed by atoms with E-state index < -0.39 is 7.60 Å². The van der Waals surface area contributed by atoms with Crippen molar-refractivity contribution in [3.63, 3.8) is 0 Å². The fourth-order valence-corrected chi connectivity index (χ4v) is 3.40. The highest BCUT2D eigenvalue weighted by Crippen LogP contribution is 2.42. The summed E-state index contributed by atoms with van der Waals surface area (Å²) in [5.74, 6) is 0.397. The third-order valence-corrected chi connectivity index (χ3v) is 5.42. The van der Waals surface area contributed by atoms with Crippen molar-refractivity contribution in [1.29, 1.82) is 0 Å². The smallest absolute Gasteiger partial charge is 0.408 e. The van der Waals surface area contributed by atoms with Crippen molar-refractivity contribution in [2.24, 2.45) is 0 Å². The molecule has 0 amide bonds. The lowest BCUT2D eigenvalue weighted by atomic mass is 9.87. The molecule has 0 bridgehead atoms. The van der Waals surface area contributed by atoms with Gasteiger partial charge in [0.2, 0.25) is 0 Å². The molecule has 0 saturated heterocycles. The van der Waals surface area contributed by atoms with Crippen molar-refractivity contribution in [2.45, 2.75) is 52.4 Å². The van der Waals surface area contributed by atoms with E-state index in [1.807, 2.05) is 24.3 Å². The molecule has 1 unspecified atom stereocenters. The Hall–Kier alpha value is -1.57. The summed E-state index contributed by atoms with van der Waals surface area (Å²) in [5.41, 5.74) is 2.30. The van der Waals surface area contributed by atoms with Crippen LogP contribution in [-0.4, -0.2) is 4.89 Å². The van der Waals surface area contributed by atoms with Crippen LogP contribution in [0.3, 0.4) is 0 Å². The third-order valence-electron chi connectivity index (χ3n) is 4.01. The van der Waals surface area contributed by atoms with Gasteiger partial charge in [0.15, 0.2) is 0 Å². The van der Waals surface area contributed by atoms with E-state index in [9.17, 15) is 9.46 Å². The van der Waals surface area contributed by atoms with Gasteiger partial charge in [0, 0.05) is 0 Å². The van der Waals surface area contributed by atoms with Gasteiger partial charge in [-0.25, -0.2) is 4.57 Å². The summed E-state index contributed by atoms with van der Waals surface area (Å²) in [6.45, 7) is 12.7. The zero-order chi connectivity index (χ0) is 18.2. The largest absolute Gasteiger partial charge is 0.421 e. The van der Waals surface area contributed by atoms with Crippen LogP contribution in [0.15, 0.2) is 48.5 Å². The highest BCUT2D eigenvalue weighted by atomic mass is 31.2. The van der Waals surface area contributed by atoms with Crippen LogP contribution in [-0.2, 0) is 15.4 Å². The molecular weight excluding hydrogens is 319 g/mol. The van der Waals surface area contributed by atoms with Gasteiger partial charge < -0.3 is 9.42 Å². The fourth-order valence-electron chi connectivity index (χ4n) is 2.36. The normalized spacial score (nSPS) is 15.0. The lowest BCUT2D eigenvalue weighted by Crippen LogP contribution is -2.14. The molecule has 0 aromatic heterocycles. The van der Waals surface area contributed by atoms with Crippen molar-refractivity contribution < 1.29 is 14.0 Å². The van der Waals surface area contributed by atoms with Gasteiger partial charge in [-0.1, -0.05) is 65.8 Å². The molecular formula is C20H27O3P. The summed E-state index contributed by atoms with van der Waals surface area (Å²) < 4.78 is 18.0. The van der Waals surface area contributed by atoms with Crippen molar-refractivity contribution in [3.8, 4) is 5.75 Å². The summed E-state index contributed by atoms with van der Waals surface area (Å²) in [4.78, 5) is 10.3. The number of hydrogen-bond donors (Lipinski definition) is 1. The molecule has 4 heteroatoms. The maximum Gasteiger partial charge on any atom is 0.408 e. The minimum absolute atomic E-state index is 0.00161. The average Bonchev–Trinajstić information content (AvgIpc) is 2.46. The summed E-state index contributed by atoms with van der Waals surface area (Å²) in [6, 6.07) is 14.4. The van der Waals surface area contributed by atoms with E-state index in [0.717, 1.165) is 11.1 Å². The summed E-state index contributed by atoms with van der Waals surface area (Å²) in [5, 5.41) is 0.301. The molecule has 0 spiro atoms. The van der Waals surface area contributed by atoms with E-state index in [2.05, 4.69) is 41.5 Å². The van der Waals surface area contributed by atoms with Crippen molar-refractivity contribution >= 4 is 12.9 Å². The zero-order valence-corrected chi connectivity index (χ0v) is 16.2. The van der Waals surface area contributed by atoms with Gasteiger partial charge >= 0.3 is 7.60 Å². The fraction of sp³-hybridized carbons (Fsp3) is 0.400. The van der Waals surface area contributed by atoms with E-state index in [1.165, 1.54) is 0 Å². The standard InChI is InChI=1S/C20H27O3P/c1-19(2,3)15-7-11-17(12-8-15)23-24(21,22)18-13-9-16(10-14-18)20(4,5)6/h7-14H,1-6H3,(H,21,22). The van der Waals surface area contributed by atoms with Crippen LogP contribution in [0.25, 0.3) is 0 Å². The van der Waals surface area contributed by atoms with Crippen LogP contribution in [0.1, 0.15) is 52.7 Å². The Morgan fingerprint density at radius 2 is 1.12 bits per heavy atom. The topological polar surface area (TPSA) is 46.5 Å². The molecule has 2 aromatic carbocycles. The minimum atomic E-state index is -3.89. The Morgan fingerprint density at radius 1 is 0.750 bits per heavy atom. The predicted molar refractivity (Wildman–Crippen MR) is 100 cm³/mol. The Kier molecular flexibility index (Phi) is 4.99. The van der Waals surface area contributed by atoms with E-state index in [4.69, 9.17) is 4.52 Å². The third kappa shape index (κ3) is 4.49. The molecule has 130 valence electrons. The van der Waals surface area contributed by atoms with Gasteiger partial charge in [-0.05, 0) is 46.2 Å². The second kappa shape index (κ2) is 6.38. The lowest BCUT2D eigenvalue weighted by Gasteiger charge is -2.21. The second-order valence-corrected chi connectivity index (χ2v) is 9.92. The van der Waals surface area contributed by atoms with Crippen molar-refractivity contribution in [2.75, 3.05) is 0 Å². The van der Waals surface area contributed by atoms with Gasteiger partial charge in [-0.15, -0.1) is 0 Å². The van der Waals surface area contributed by atoms with Gasteiger partial charge in [0.1, 0.15) is 5.75 Å². The van der Waals surface area contributed by atoms with Crippen LogP contribution in [0, 0.1) is 0 Å². The highest BCUT2D eigenvalue weighted by molar-refractivity contribution is 7.61. The SMILES string of the molecule is CC(C)(C)c1ccc(OP(=O)(O)c2ccc(C(C)(C)C)cc2)cc1. The maximum atomic E-state index is 12.6. The van der Waals surface area contributed by atoms with E-state index >= 15 is 0 Å². The molecule has 0 aliphatic rings. The molecule has 3 nitrogen and oxygen atoms in total. The summed E-state index contributed by atoms with van der Waals surface area (Å²) in [7, 11) is -3.89. The first-order chi connectivity index (χ1) is 10.9. The monoisotopic (exact) mass is 346 g/mol. The maximum absolute atomic E-state index is 12.6. The first-order valence-corrected chi connectivity index (χ1v) is 9.71. The van der Waals surface area contributed by atoms with Crippen LogP contribution >= 0.6 is 7.60 Å². The Morgan fingerprint density at radius 3 is 1.50 bits per heavy atom. The molecule has 0 saturated carbocycles. The minimum Gasteiger partial charge on any atom is -0.421 e. The summed E-state index contributed by atoms with van der Waals surface area (Å²) >= 11 is 0. The molecule has 2 aromatic rings. The number of hydrogen-bond acceptors (Lipinski definition) is 2. The molecule has 0 aliphatic heterocycles. The molecule has 0 radical (unpaired) electrons. The molecule has 1 N–H and O–H groups in total. The Bertz CT molecular complexity index is 732. The Balaban J connectivity index is 2.20.